The van der Waals surface area contributed by atoms with Gasteiger partial charge in [-0.3, -0.25) is 0 Å². The van der Waals surface area contributed by atoms with Gasteiger partial charge in [0.25, 0.3) is 0 Å². The summed E-state index contributed by atoms with van der Waals surface area (Å²) >= 11 is 1.74. The molecule has 0 bridgehead atoms. The smallest absolute Gasteiger partial charge is 0.126 e. The van der Waals surface area contributed by atoms with E-state index < -0.39 is 0 Å². The van der Waals surface area contributed by atoms with Gasteiger partial charge in [0.15, 0.2) is 0 Å². The first-order valence-electron chi connectivity index (χ1n) is 5.82. The van der Waals surface area contributed by atoms with E-state index in [4.69, 9.17) is 0 Å². The largest absolute Gasteiger partial charge is 0.306 e. The normalized spacial score (nSPS) is 18.0. The van der Waals surface area contributed by atoms with Crippen LogP contribution in [0.1, 0.15) is 27.6 Å². The fourth-order valence-electron chi connectivity index (χ4n) is 2.53. The first kappa shape index (κ1) is 13.5. The van der Waals surface area contributed by atoms with Gasteiger partial charge >= 0.3 is 0 Å². The quantitative estimate of drug-likeness (QED) is 0.838. The van der Waals surface area contributed by atoms with E-state index in [-0.39, 0.29) is 24.3 Å². The molecule has 1 N–H and O–H groups in total. The summed E-state index contributed by atoms with van der Waals surface area (Å²) in [6.45, 7) is 2.96. The van der Waals surface area contributed by atoms with Crippen LogP contribution >= 0.6 is 23.7 Å². The molecular formula is C14H15ClFNS. The summed E-state index contributed by atoms with van der Waals surface area (Å²) in [6.07, 6.45) is 0.779. The molecule has 0 saturated carbocycles. The van der Waals surface area contributed by atoms with E-state index in [2.05, 4.69) is 23.7 Å². The summed E-state index contributed by atoms with van der Waals surface area (Å²) in [4.78, 5) is 1.31. The Morgan fingerprint density at radius 1 is 1.28 bits per heavy atom. The van der Waals surface area contributed by atoms with Crippen LogP contribution in [0.2, 0.25) is 0 Å². The number of hydrogen-bond acceptors (Lipinski definition) is 2. The number of aryl methyl sites for hydroxylation is 1. The molecule has 0 saturated heterocycles. The lowest BCUT2D eigenvalue weighted by atomic mass is 9.90. The monoisotopic (exact) mass is 283 g/mol. The van der Waals surface area contributed by atoms with Crippen molar-refractivity contribution in [3.8, 4) is 0 Å². The van der Waals surface area contributed by atoms with Crippen molar-refractivity contribution in [1.82, 2.24) is 5.32 Å². The van der Waals surface area contributed by atoms with Gasteiger partial charge in [0.05, 0.1) is 6.04 Å². The van der Waals surface area contributed by atoms with Gasteiger partial charge in [0.2, 0.25) is 0 Å². The zero-order chi connectivity index (χ0) is 11.8. The molecule has 1 aromatic heterocycles. The first-order valence-corrected chi connectivity index (χ1v) is 6.70. The van der Waals surface area contributed by atoms with E-state index in [0.29, 0.717) is 0 Å². The lowest BCUT2D eigenvalue weighted by molar-refractivity contribution is 0.531. The van der Waals surface area contributed by atoms with Gasteiger partial charge in [-0.15, -0.1) is 23.7 Å². The molecule has 0 spiro atoms. The Balaban J connectivity index is 0.00000120. The molecule has 3 rings (SSSR count). The summed E-state index contributed by atoms with van der Waals surface area (Å²) in [6, 6.07) is 7.68. The predicted octanol–water partition coefficient (Wildman–Crippen LogP) is 3.85. The molecule has 1 atom stereocenters. The van der Waals surface area contributed by atoms with Gasteiger partial charge in [-0.1, -0.05) is 12.1 Å². The molecule has 1 aliphatic heterocycles. The van der Waals surface area contributed by atoms with Crippen molar-refractivity contribution < 1.29 is 4.39 Å². The molecule has 4 heteroatoms. The van der Waals surface area contributed by atoms with Crippen molar-refractivity contribution in [2.75, 3.05) is 6.54 Å². The van der Waals surface area contributed by atoms with Crippen LogP contribution in [0.15, 0.2) is 29.6 Å². The summed E-state index contributed by atoms with van der Waals surface area (Å²) < 4.78 is 13.8. The molecule has 0 aliphatic carbocycles. The molecule has 1 aliphatic rings. The number of nitrogens with one attached hydrogen (secondary N) is 1. The zero-order valence-corrected chi connectivity index (χ0v) is 11.7. The fraction of sp³-hybridized carbons (Fsp3) is 0.286. The average molecular weight is 284 g/mol. The molecule has 2 heterocycles. The van der Waals surface area contributed by atoms with E-state index in [0.717, 1.165) is 24.1 Å². The average Bonchev–Trinajstić information content (AvgIpc) is 2.75. The topological polar surface area (TPSA) is 12.0 Å². The minimum atomic E-state index is -0.0677. The van der Waals surface area contributed by atoms with Crippen LogP contribution in [-0.2, 0) is 6.42 Å². The van der Waals surface area contributed by atoms with Crippen LogP contribution in [-0.4, -0.2) is 6.54 Å². The lowest BCUT2D eigenvalue weighted by Gasteiger charge is -2.27. The second-order valence-corrected chi connectivity index (χ2v) is 5.50. The highest BCUT2D eigenvalue weighted by Gasteiger charge is 2.24. The van der Waals surface area contributed by atoms with Crippen molar-refractivity contribution >= 4 is 23.7 Å². The Bertz CT molecular complexity index is 552. The van der Waals surface area contributed by atoms with Crippen LogP contribution in [0, 0.1) is 12.7 Å². The predicted molar refractivity (Wildman–Crippen MR) is 76.3 cm³/mol. The molecule has 0 unspecified atom stereocenters. The number of rotatable bonds is 1. The second-order valence-electron chi connectivity index (χ2n) is 4.38. The Morgan fingerprint density at radius 2 is 2.11 bits per heavy atom. The highest BCUT2D eigenvalue weighted by Crippen LogP contribution is 2.33. The third kappa shape index (κ3) is 2.18. The van der Waals surface area contributed by atoms with Gasteiger partial charge in [-0.05, 0) is 47.5 Å². The maximum Gasteiger partial charge on any atom is 0.126 e. The van der Waals surface area contributed by atoms with Gasteiger partial charge in [-0.25, -0.2) is 4.39 Å². The third-order valence-corrected chi connectivity index (χ3v) is 4.26. The summed E-state index contributed by atoms with van der Waals surface area (Å²) in [5, 5.41) is 5.58. The molecule has 2 aromatic rings. The van der Waals surface area contributed by atoms with E-state index in [9.17, 15) is 4.39 Å². The van der Waals surface area contributed by atoms with Gasteiger partial charge in [0, 0.05) is 11.4 Å². The van der Waals surface area contributed by atoms with Gasteiger partial charge in [-0.2, -0.15) is 0 Å². The van der Waals surface area contributed by atoms with E-state index in [1.54, 1.807) is 23.5 Å². The molecule has 18 heavy (non-hydrogen) atoms. The molecular weight excluding hydrogens is 269 g/mol. The lowest BCUT2D eigenvalue weighted by Crippen LogP contribution is -2.31. The number of benzene rings is 1. The van der Waals surface area contributed by atoms with Gasteiger partial charge < -0.3 is 5.32 Å². The highest BCUT2D eigenvalue weighted by atomic mass is 35.5. The maximum absolute atomic E-state index is 13.8. The van der Waals surface area contributed by atoms with Gasteiger partial charge in [0.1, 0.15) is 5.82 Å². The van der Waals surface area contributed by atoms with Crippen LogP contribution in [0.5, 0.6) is 0 Å². The van der Waals surface area contributed by atoms with E-state index >= 15 is 0 Å². The SMILES string of the molecule is Cc1sccc1[C@@H]1NCCc2c(F)cccc21.Cl. The minimum absolute atomic E-state index is 0. The Kier molecular flexibility index (Phi) is 4.05. The van der Waals surface area contributed by atoms with Crippen molar-refractivity contribution in [2.45, 2.75) is 19.4 Å². The number of thiophene rings is 1. The van der Waals surface area contributed by atoms with Crippen LogP contribution < -0.4 is 5.32 Å². The van der Waals surface area contributed by atoms with Crippen LogP contribution in [0.25, 0.3) is 0 Å². The minimum Gasteiger partial charge on any atom is -0.306 e. The molecule has 96 valence electrons. The summed E-state index contributed by atoms with van der Waals surface area (Å²) in [5.41, 5.74) is 3.25. The molecule has 0 amide bonds. The fourth-order valence-corrected chi connectivity index (χ4v) is 3.27. The Morgan fingerprint density at radius 3 is 2.83 bits per heavy atom. The number of halogens is 2. The second kappa shape index (κ2) is 5.39. The van der Waals surface area contributed by atoms with Crippen molar-refractivity contribution in [3.63, 3.8) is 0 Å². The summed E-state index contributed by atoms with van der Waals surface area (Å²) in [5.74, 6) is -0.0677. The molecule has 1 nitrogen and oxygen atoms in total. The Labute approximate surface area is 116 Å². The van der Waals surface area contributed by atoms with Crippen molar-refractivity contribution in [1.29, 1.82) is 0 Å². The van der Waals surface area contributed by atoms with Crippen LogP contribution in [0.3, 0.4) is 0 Å². The van der Waals surface area contributed by atoms with E-state index in [1.165, 1.54) is 10.4 Å². The summed E-state index contributed by atoms with van der Waals surface area (Å²) in [7, 11) is 0. The zero-order valence-electron chi connectivity index (χ0n) is 10.1. The van der Waals surface area contributed by atoms with Crippen molar-refractivity contribution in [2.24, 2.45) is 0 Å². The first-order chi connectivity index (χ1) is 8.27. The van der Waals surface area contributed by atoms with Crippen molar-refractivity contribution in [3.05, 3.63) is 57.0 Å². The molecule has 0 fully saturated rings. The molecule has 0 radical (unpaired) electrons. The molecule has 1 aromatic carbocycles. The third-order valence-electron chi connectivity index (χ3n) is 3.40. The maximum atomic E-state index is 13.8. The Hall–Kier alpha value is -0.900. The highest BCUT2D eigenvalue weighted by molar-refractivity contribution is 7.10. The van der Waals surface area contributed by atoms with E-state index in [1.807, 2.05) is 6.07 Å². The number of hydrogen-bond donors (Lipinski definition) is 1. The standard InChI is InChI=1S/C14H14FNS.ClH/c1-9-10(6-8-17-9)14-12-3-2-4-13(15)11(12)5-7-16-14;/h2-4,6,8,14,16H,5,7H2,1H3;1H/t14-;/m0./s1. The van der Waals surface area contributed by atoms with Crippen LogP contribution in [0.4, 0.5) is 4.39 Å². The number of fused-ring (bicyclic) bond motifs is 1.